The van der Waals surface area contributed by atoms with E-state index in [1.165, 1.54) is 16.2 Å². The summed E-state index contributed by atoms with van der Waals surface area (Å²) in [6.07, 6.45) is 0. The Kier molecular flexibility index (Phi) is 5.52. The van der Waals surface area contributed by atoms with Crippen molar-refractivity contribution in [1.82, 2.24) is 5.06 Å². The molecule has 2 rings (SSSR count). The van der Waals surface area contributed by atoms with Gasteiger partial charge in [0, 0.05) is 13.1 Å². The van der Waals surface area contributed by atoms with Crippen LogP contribution in [0.3, 0.4) is 0 Å². The maximum Gasteiger partial charge on any atom is 0.0492 e. The first-order chi connectivity index (χ1) is 11.1. The maximum absolute atomic E-state index is 10.2. The highest BCUT2D eigenvalue weighted by atomic mass is 16.5. The van der Waals surface area contributed by atoms with Gasteiger partial charge in [0.2, 0.25) is 0 Å². The number of nitrogens with zero attached hydrogens (tertiary/aromatic N) is 1. The SMILES string of the molecule is CC(C)(C)c1ccc(CN(O)Cc2ccc(C(C)(C)C)cc2)cc1. The molecule has 0 saturated carbocycles. The first-order valence-corrected chi connectivity index (χ1v) is 8.68. The molecule has 1 N–H and O–H groups in total. The third-order valence-corrected chi connectivity index (χ3v) is 4.37. The predicted molar refractivity (Wildman–Crippen MR) is 101 cm³/mol. The Morgan fingerprint density at radius 2 is 0.917 bits per heavy atom. The van der Waals surface area contributed by atoms with Gasteiger partial charge in [-0.15, -0.1) is 0 Å². The van der Waals surface area contributed by atoms with Gasteiger partial charge in [0.15, 0.2) is 0 Å². The molecule has 0 radical (unpaired) electrons. The topological polar surface area (TPSA) is 23.5 Å². The van der Waals surface area contributed by atoms with Crippen LogP contribution in [0.2, 0.25) is 0 Å². The van der Waals surface area contributed by atoms with E-state index >= 15 is 0 Å². The number of benzene rings is 2. The van der Waals surface area contributed by atoms with Gasteiger partial charge < -0.3 is 5.21 Å². The van der Waals surface area contributed by atoms with Gasteiger partial charge >= 0.3 is 0 Å². The summed E-state index contributed by atoms with van der Waals surface area (Å²) in [4.78, 5) is 0. The fraction of sp³-hybridized carbons (Fsp3) is 0.455. The molecular formula is C22H31NO. The summed E-state index contributed by atoms with van der Waals surface area (Å²) in [7, 11) is 0. The number of hydrogen-bond donors (Lipinski definition) is 1. The van der Waals surface area contributed by atoms with E-state index < -0.39 is 0 Å². The van der Waals surface area contributed by atoms with Crippen LogP contribution in [-0.2, 0) is 23.9 Å². The molecule has 24 heavy (non-hydrogen) atoms. The highest BCUT2D eigenvalue weighted by Gasteiger charge is 2.14. The molecule has 0 bridgehead atoms. The van der Waals surface area contributed by atoms with Crippen LogP contribution in [0, 0.1) is 0 Å². The number of hydrogen-bond acceptors (Lipinski definition) is 2. The van der Waals surface area contributed by atoms with Gasteiger partial charge in [-0.05, 0) is 33.1 Å². The number of rotatable bonds is 4. The van der Waals surface area contributed by atoms with Crippen molar-refractivity contribution in [2.75, 3.05) is 0 Å². The monoisotopic (exact) mass is 325 g/mol. The minimum Gasteiger partial charge on any atom is -0.313 e. The summed E-state index contributed by atoms with van der Waals surface area (Å²) >= 11 is 0. The molecule has 2 heteroatoms. The second-order valence-electron chi connectivity index (χ2n) is 8.72. The summed E-state index contributed by atoms with van der Waals surface area (Å²) < 4.78 is 0. The highest BCUT2D eigenvalue weighted by Crippen LogP contribution is 2.24. The lowest BCUT2D eigenvalue weighted by molar-refractivity contribution is -0.108. The molecule has 0 aromatic heterocycles. The van der Waals surface area contributed by atoms with Crippen molar-refractivity contribution in [3.05, 3.63) is 70.8 Å². The summed E-state index contributed by atoms with van der Waals surface area (Å²) in [5.74, 6) is 0. The van der Waals surface area contributed by atoms with Crippen LogP contribution in [0.15, 0.2) is 48.5 Å². The van der Waals surface area contributed by atoms with E-state index in [4.69, 9.17) is 0 Å². The summed E-state index contributed by atoms with van der Waals surface area (Å²) in [5.41, 5.74) is 5.19. The van der Waals surface area contributed by atoms with Crippen molar-refractivity contribution < 1.29 is 5.21 Å². The molecule has 2 aromatic carbocycles. The molecule has 0 fully saturated rings. The molecule has 2 aromatic rings. The van der Waals surface area contributed by atoms with Crippen LogP contribution >= 0.6 is 0 Å². The Labute approximate surface area is 147 Å². The molecular weight excluding hydrogens is 294 g/mol. The Bertz CT molecular complexity index is 583. The van der Waals surface area contributed by atoms with Gasteiger partial charge in [0.1, 0.15) is 0 Å². The molecule has 0 saturated heterocycles. The van der Waals surface area contributed by atoms with E-state index in [9.17, 15) is 5.21 Å². The Morgan fingerprint density at radius 1 is 0.625 bits per heavy atom. The van der Waals surface area contributed by atoms with E-state index in [-0.39, 0.29) is 10.8 Å². The Balaban J connectivity index is 1.97. The largest absolute Gasteiger partial charge is 0.313 e. The zero-order valence-electron chi connectivity index (χ0n) is 15.9. The van der Waals surface area contributed by atoms with Crippen molar-refractivity contribution in [2.45, 2.75) is 65.5 Å². The fourth-order valence-electron chi connectivity index (χ4n) is 2.70. The summed E-state index contributed by atoms with van der Waals surface area (Å²) in [6.45, 7) is 14.3. The van der Waals surface area contributed by atoms with E-state index in [0.29, 0.717) is 13.1 Å². The van der Waals surface area contributed by atoms with E-state index in [2.05, 4.69) is 90.1 Å². The smallest absolute Gasteiger partial charge is 0.0492 e. The van der Waals surface area contributed by atoms with Gasteiger partial charge in [-0.2, -0.15) is 5.06 Å². The van der Waals surface area contributed by atoms with Crippen LogP contribution in [0.5, 0.6) is 0 Å². The lowest BCUT2D eigenvalue weighted by Crippen LogP contribution is -2.18. The second kappa shape index (κ2) is 7.08. The molecule has 0 atom stereocenters. The third kappa shape index (κ3) is 5.19. The van der Waals surface area contributed by atoms with Gasteiger partial charge in [-0.1, -0.05) is 90.1 Å². The lowest BCUT2D eigenvalue weighted by atomic mass is 9.86. The Morgan fingerprint density at radius 3 is 1.17 bits per heavy atom. The van der Waals surface area contributed by atoms with Crippen molar-refractivity contribution in [2.24, 2.45) is 0 Å². The molecule has 2 nitrogen and oxygen atoms in total. The minimum atomic E-state index is 0.159. The van der Waals surface area contributed by atoms with Crippen molar-refractivity contribution in [1.29, 1.82) is 0 Å². The quantitative estimate of drug-likeness (QED) is 0.732. The third-order valence-electron chi connectivity index (χ3n) is 4.37. The van der Waals surface area contributed by atoms with Crippen molar-refractivity contribution >= 4 is 0 Å². The molecule has 0 spiro atoms. The second-order valence-corrected chi connectivity index (χ2v) is 8.72. The molecule has 0 aliphatic carbocycles. The van der Waals surface area contributed by atoms with E-state index in [1.807, 2.05) is 0 Å². The van der Waals surface area contributed by atoms with Crippen LogP contribution in [0.25, 0.3) is 0 Å². The van der Waals surface area contributed by atoms with Gasteiger partial charge in [-0.3, -0.25) is 0 Å². The van der Waals surface area contributed by atoms with Gasteiger partial charge in [0.25, 0.3) is 0 Å². The molecule has 0 aliphatic rings. The fourth-order valence-corrected chi connectivity index (χ4v) is 2.70. The van der Waals surface area contributed by atoms with Crippen LogP contribution in [0.4, 0.5) is 0 Å². The average molecular weight is 325 g/mol. The van der Waals surface area contributed by atoms with Crippen molar-refractivity contribution in [3.63, 3.8) is 0 Å². The van der Waals surface area contributed by atoms with Gasteiger partial charge in [0.05, 0.1) is 0 Å². The maximum atomic E-state index is 10.2. The number of hydroxylamine groups is 2. The minimum absolute atomic E-state index is 0.159. The molecule has 0 aliphatic heterocycles. The average Bonchev–Trinajstić information content (AvgIpc) is 2.46. The molecule has 0 heterocycles. The molecule has 0 amide bonds. The van der Waals surface area contributed by atoms with Crippen LogP contribution in [0.1, 0.15) is 63.8 Å². The van der Waals surface area contributed by atoms with E-state index in [0.717, 1.165) is 11.1 Å². The molecule has 130 valence electrons. The normalized spacial score (nSPS) is 12.7. The highest BCUT2D eigenvalue weighted by molar-refractivity contribution is 5.29. The first-order valence-electron chi connectivity index (χ1n) is 8.68. The standard InChI is InChI=1S/C22H31NO/c1-21(2,3)19-11-7-17(8-12-19)15-23(24)16-18-9-13-20(14-10-18)22(4,5)6/h7-14,24H,15-16H2,1-6H3. The zero-order valence-corrected chi connectivity index (χ0v) is 15.9. The Hall–Kier alpha value is -1.64. The van der Waals surface area contributed by atoms with Crippen LogP contribution < -0.4 is 0 Å². The van der Waals surface area contributed by atoms with Gasteiger partial charge in [-0.25, -0.2) is 0 Å². The lowest BCUT2D eigenvalue weighted by Gasteiger charge is -2.21. The molecule has 0 unspecified atom stereocenters. The van der Waals surface area contributed by atoms with E-state index in [1.54, 1.807) is 0 Å². The first kappa shape index (κ1) is 18.7. The summed E-state index contributed by atoms with van der Waals surface area (Å²) in [5, 5.41) is 11.6. The van der Waals surface area contributed by atoms with Crippen molar-refractivity contribution in [3.8, 4) is 0 Å². The predicted octanol–water partition coefficient (Wildman–Crippen LogP) is 5.67. The zero-order chi connectivity index (χ0) is 18.0. The summed E-state index contributed by atoms with van der Waals surface area (Å²) in [6, 6.07) is 17.0. The van der Waals surface area contributed by atoms with Crippen LogP contribution in [-0.4, -0.2) is 10.3 Å².